The van der Waals surface area contributed by atoms with Gasteiger partial charge in [-0.3, -0.25) is 14.9 Å². The van der Waals surface area contributed by atoms with E-state index in [1.165, 1.54) is 0 Å². The maximum Gasteiger partial charge on any atom is 0.461 e. The van der Waals surface area contributed by atoms with E-state index in [0.717, 1.165) is 12.1 Å². The zero-order valence-corrected chi connectivity index (χ0v) is 18.2. The van der Waals surface area contributed by atoms with E-state index in [0.29, 0.717) is 18.2 Å². The lowest BCUT2D eigenvalue weighted by Gasteiger charge is -2.27. The van der Waals surface area contributed by atoms with Crippen LogP contribution in [0.5, 0.6) is 0 Å². The molecule has 0 aliphatic rings. The van der Waals surface area contributed by atoms with Gasteiger partial charge < -0.3 is 10.6 Å². The highest BCUT2D eigenvalue weighted by Gasteiger charge is 2.78. The van der Waals surface area contributed by atoms with Crippen LogP contribution in [0.4, 0.5) is 61.0 Å². The molecule has 2 rings (SSSR count). The molecular formula is C18H11F10N3O5S. The monoisotopic (exact) mass is 571 g/mol. The number of amides is 1. The van der Waals surface area contributed by atoms with Crippen molar-refractivity contribution in [1.29, 1.82) is 0 Å². The Labute approximate surface area is 199 Å². The molecule has 2 aromatic carbocycles. The first-order chi connectivity index (χ1) is 16.6. The Hall–Kier alpha value is -3.64. The lowest BCUT2D eigenvalue weighted by Crippen LogP contribution is -2.55. The molecule has 8 nitrogen and oxygen atoms in total. The average molecular weight is 571 g/mol. The van der Waals surface area contributed by atoms with E-state index in [4.69, 9.17) is 0 Å². The van der Waals surface area contributed by atoms with Crippen molar-refractivity contribution < 1.29 is 62.0 Å². The summed E-state index contributed by atoms with van der Waals surface area (Å²) in [5.74, 6) is -8.16. The van der Waals surface area contributed by atoms with Gasteiger partial charge >= 0.3 is 23.5 Å². The molecule has 0 heterocycles. The van der Waals surface area contributed by atoms with Crippen molar-refractivity contribution in [3.05, 3.63) is 58.1 Å². The second-order valence-electron chi connectivity index (χ2n) is 7.01. The molecule has 1 amide bonds. The summed E-state index contributed by atoms with van der Waals surface area (Å²) in [7, 11) is -6.85. The SMILES string of the molecule is O=C(CNc1ccc(S(=O)(=O)C(F)(F)C(F)(F)C(F)(F)F)cc1[N+](=O)[O-])Nc1cccc(C(F)(F)F)c1. The molecule has 0 atom stereocenters. The van der Waals surface area contributed by atoms with Gasteiger partial charge in [-0.25, -0.2) is 8.42 Å². The summed E-state index contributed by atoms with van der Waals surface area (Å²) in [5, 5.41) is 8.51. The Kier molecular flexibility index (Phi) is 7.74. The number of nitrogens with zero attached hydrogens (tertiary/aromatic N) is 1. The third-order valence-electron chi connectivity index (χ3n) is 4.45. The number of halogens is 10. The van der Waals surface area contributed by atoms with Gasteiger partial charge in [0.15, 0.2) is 0 Å². The Balaban J connectivity index is 2.31. The Bertz CT molecular complexity index is 1310. The topological polar surface area (TPSA) is 118 Å². The predicted molar refractivity (Wildman–Crippen MR) is 105 cm³/mol. The number of nitrogens with one attached hydrogen (secondary N) is 2. The van der Waals surface area contributed by atoms with Crippen LogP contribution in [-0.4, -0.2) is 43.1 Å². The number of carbonyl (C=O) groups is 1. The van der Waals surface area contributed by atoms with Crippen molar-refractivity contribution >= 4 is 32.8 Å². The minimum absolute atomic E-state index is 0.0513. The highest BCUT2D eigenvalue weighted by Crippen LogP contribution is 2.51. The van der Waals surface area contributed by atoms with Crippen molar-refractivity contribution in [1.82, 2.24) is 0 Å². The van der Waals surface area contributed by atoms with Gasteiger partial charge in [-0.1, -0.05) is 6.07 Å². The number of sulfone groups is 1. The summed E-state index contributed by atoms with van der Waals surface area (Å²) in [4.78, 5) is 19.8. The van der Waals surface area contributed by atoms with Crippen molar-refractivity contribution in [2.45, 2.75) is 28.4 Å². The molecule has 0 bridgehead atoms. The normalized spacial score (nSPS) is 13.2. The Morgan fingerprint density at radius 2 is 1.51 bits per heavy atom. The molecule has 2 N–H and O–H groups in total. The molecule has 0 unspecified atom stereocenters. The number of benzene rings is 2. The van der Waals surface area contributed by atoms with Crippen molar-refractivity contribution in [2.75, 3.05) is 17.2 Å². The van der Waals surface area contributed by atoms with E-state index >= 15 is 0 Å². The second kappa shape index (κ2) is 9.67. The standard InChI is InChI=1S/C18H11F10N3O5S/c19-15(20,21)9-2-1-3-10(6-9)30-14(32)8-29-12-5-4-11(7-13(12)31(33)34)37(35,36)18(27,28)16(22,23)17(24,25)26/h1-7,29H,8H2,(H,30,32). The van der Waals surface area contributed by atoms with Crippen LogP contribution < -0.4 is 10.6 Å². The molecule has 0 saturated heterocycles. The fourth-order valence-electron chi connectivity index (χ4n) is 2.61. The zero-order valence-electron chi connectivity index (χ0n) is 17.4. The first-order valence-electron chi connectivity index (χ1n) is 9.19. The maximum atomic E-state index is 13.8. The van der Waals surface area contributed by atoms with Gasteiger partial charge in [0.25, 0.3) is 15.5 Å². The van der Waals surface area contributed by atoms with Crippen LogP contribution in [0.3, 0.4) is 0 Å². The molecule has 0 aliphatic carbocycles. The summed E-state index contributed by atoms with van der Waals surface area (Å²) in [6.45, 7) is -0.925. The van der Waals surface area contributed by atoms with Crippen LogP contribution in [0.25, 0.3) is 0 Å². The molecule has 0 aromatic heterocycles. The zero-order chi connectivity index (χ0) is 28.6. The van der Waals surface area contributed by atoms with Gasteiger partial charge in [-0.2, -0.15) is 43.9 Å². The molecule has 0 spiro atoms. The molecule has 0 radical (unpaired) electrons. The summed E-state index contributed by atoms with van der Waals surface area (Å²) < 4.78 is 153. The fourth-order valence-corrected chi connectivity index (χ4v) is 3.88. The fraction of sp³-hybridized carbons (Fsp3) is 0.278. The lowest BCUT2D eigenvalue weighted by atomic mass is 10.2. The van der Waals surface area contributed by atoms with Gasteiger partial charge in [-0.05, 0) is 30.3 Å². The number of hydrogen-bond acceptors (Lipinski definition) is 6. The van der Waals surface area contributed by atoms with Gasteiger partial charge in [0.1, 0.15) is 5.69 Å². The third kappa shape index (κ3) is 5.86. The van der Waals surface area contributed by atoms with E-state index < -0.39 is 72.6 Å². The molecule has 2 aromatic rings. The van der Waals surface area contributed by atoms with Crippen LogP contribution in [0.2, 0.25) is 0 Å². The highest BCUT2D eigenvalue weighted by molar-refractivity contribution is 7.92. The van der Waals surface area contributed by atoms with E-state index in [-0.39, 0.29) is 17.8 Å². The summed E-state index contributed by atoms with van der Waals surface area (Å²) >= 11 is 0. The summed E-state index contributed by atoms with van der Waals surface area (Å²) in [6.07, 6.45) is -11.7. The van der Waals surface area contributed by atoms with E-state index in [1.54, 1.807) is 0 Å². The first kappa shape index (κ1) is 29.6. The van der Waals surface area contributed by atoms with Gasteiger partial charge in [0.2, 0.25) is 5.91 Å². The number of carbonyl (C=O) groups excluding carboxylic acids is 1. The molecule has 37 heavy (non-hydrogen) atoms. The number of hydrogen-bond donors (Lipinski definition) is 2. The molecule has 204 valence electrons. The van der Waals surface area contributed by atoms with Crippen LogP contribution in [0, 0.1) is 10.1 Å². The van der Waals surface area contributed by atoms with Crippen molar-refractivity contribution in [2.24, 2.45) is 0 Å². The smallest absolute Gasteiger partial charge is 0.371 e. The largest absolute Gasteiger partial charge is 0.461 e. The third-order valence-corrected chi connectivity index (χ3v) is 6.25. The molecular weight excluding hydrogens is 560 g/mol. The summed E-state index contributed by atoms with van der Waals surface area (Å²) in [5.41, 5.74) is -3.66. The Morgan fingerprint density at radius 1 is 0.919 bits per heavy atom. The summed E-state index contributed by atoms with van der Waals surface area (Å²) in [6, 6.07) is 3.42. The molecule has 0 aliphatic heterocycles. The minimum atomic E-state index is -7.06. The van der Waals surface area contributed by atoms with Crippen LogP contribution >= 0.6 is 0 Å². The van der Waals surface area contributed by atoms with Gasteiger partial charge in [0.05, 0.1) is 21.9 Å². The molecule has 0 saturated carbocycles. The number of rotatable bonds is 8. The van der Waals surface area contributed by atoms with Crippen LogP contribution in [-0.2, 0) is 20.8 Å². The number of nitro benzene ring substituents is 1. The average Bonchev–Trinajstić information content (AvgIpc) is 2.76. The number of nitro groups is 1. The van der Waals surface area contributed by atoms with Crippen molar-refractivity contribution in [3.63, 3.8) is 0 Å². The minimum Gasteiger partial charge on any atom is -0.371 e. The first-order valence-corrected chi connectivity index (χ1v) is 10.7. The molecule has 19 heteroatoms. The Morgan fingerprint density at radius 3 is 2.03 bits per heavy atom. The van der Waals surface area contributed by atoms with E-state index in [9.17, 15) is 67.2 Å². The van der Waals surface area contributed by atoms with Crippen LogP contribution in [0.1, 0.15) is 5.56 Å². The van der Waals surface area contributed by atoms with Gasteiger partial charge in [0, 0.05) is 11.8 Å². The number of alkyl halides is 10. The van der Waals surface area contributed by atoms with Gasteiger partial charge in [-0.15, -0.1) is 0 Å². The highest BCUT2D eigenvalue weighted by atomic mass is 32.2. The number of anilines is 2. The van der Waals surface area contributed by atoms with E-state index in [2.05, 4.69) is 0 Å². The maximum absolute atomic E-state index is 13.8. The second-order valence-corrected chi connectivity index (χ2v) is 9.00. The lowest BCUT2D eigenvalue weighted by molar-refractivity contribution is -0.384. The van der Waals surface area contributed by atoms with Crippen molar-refractivity contribution in [3.8, 4) is 0 Å². The van der Waals surface area contributed by atoms with E-state index in [1.807, 2.05) is 10.6 Å². The van der Waals surface area contributed by atoms with Crippen LogP contribution in [0.15, 0.2) is 47.4 Å². The quantitative estimate of drug-likeness (QED) is 0.255. The molecule has 0 fully saturated rings. The predicted octanol–water partition coefficient (Wildman–Crippen LogP) is 5.23.